The number of carbonyl (C=O) groups excluding carboxylic acids is 1. The van der Waals surface area contributed by atoms with E-state index in [1.807, 2.05) is 19.2 Å². The summed E-state index contributed by atoms with van der Waals surface area (Å²) >= 11 is 2.92. The number of aromatic nitrogens is 1. The van der Waals surface area contributed by atoms with Gasteiger partial charge in [-0.2, -0.15) is 0 Å². The zero-order valence-electron chi connectivity index (χ0n) is 14.1. The van der Waals surface area contributed by atoms with Crippen LogP contribution in [0.5, 0.6) is 0 Å². The summed E-state index contributed by atoms with van der Waals surface area (Å²) < 4.78 is 2.77. The normalized spacial score (nSPS) is 13.8. The molecule has 0 aliphatic heterocycles. The summed E-state index contributed by atoms with van der Waals surface area (Å²) in [5.41, 5.74) is 1.82. The molecule has 1 amide bonds. The number of aryl methyl sites for hydroxylation is 1. The van der Waals surface area contributed by atoms with Gasteiger partial charge in [0.1, 0.15) is 5.69 Å². The second-order valence-electron chi connectivity index (χ2n) is 6.18. The lowest BCUT2D eigenvalue weighted by molar-refractivity contribution is 0.0980. The van der Waals surface area contributed by atoms with E-state index in [4.69, 9.17) is 0 Å². The predicted molar refractivity (Wildman–Crippen MR) is 103 cm³/mol. The van der Waals surface area contributed by atoms with Gasteiger partial charge in [0.2, 0.25) is 0 Å². The molecule has 0 saturated heterocycles. The maximum atomic E-state index is 12.1. The summed E-state index contributed by atoms with van der Waals surface area (Å²) in [5.74, 6) is 0.771. The Bertz CT molecular complexity index is 683. The quantitative estimate of drug-likeness (QED) is 0.713. The number of benzene rings is 1. The Balaban J connectivity index is 1.78. The smallest absolute Gasteiger partial charge is 0.280 e. The van der Waals surface area contributed by atoms with Gasteiger partial charge in [-0.15, -0.1) is 11.3 Å². The van der Waals surface area contributed by atoms with E-state index in [1.54, 1.807) is 11.3 Å². The van der Waals surface area contributed by atoms with Crippen LogP contribution in [0.15, 0.2) is 30.3 Å². The average Bonchev–Trinajstić information content (AvgIpc) is 3.33. The maximum Gasteiger partial charge on any atom is 0.280 e. The van der Waals surface area contributed by atoms with Crippen LogP contribution >= 0.6 is 23.3 Å². The molecule has 1 aromatic heterocycles. The van der Waals surface area contributed by atoms with Gasteiger partial charge in [0, 0.05) is 24.2 Å². The van der Waals surface area contributed by atoms with E-state index in [0.717, 1.165) is 29.0 Å². The molecule has 0 spiro atoms. The van der Waals surface area contributed by atoms with Gasteiger partial charge in [0.15, 0.2) is 5.13 Å². The fourth-order valence-electron chi connectivity index (χ4n) is 2.66. The van der Waals surface area contributed by atoms with Crippen LogP contribution in [0.2, 0.25) is 0 Å². The summed E-state index contributed by atoms with van der Waals surface area (Å²) in [4.78, 5) is 20.1. The van der Waals surface area contributed by atoms with Gasteiger partial charge in [0.05, 0.1) is 0 Å². The third-order valence-corrected chi connectivity index (χ3v) is 5.61. The van der Waals surface area contributed by atoms with E-state index in [0.29, 0.717) is 5.69 Å². The fraction of sp³-hybridized carbons (Fsp3) is 0.444. The molecule has 6 heteroatoms. The molecule has 0 bridgehead atoms. The number of carbonyl (C=O) groups is 1. The van der Waals surface area contributed by atoms with Gasteiger partial charge in [-0.3, -0.25) is 9.52 Å². The molecule has 4 nitrogen and oxygen atoms in total. The molecule has 0 radical (unpaired) electrons. The number of amides is 1. The van der Waals surface area contributed by atoms with Crippen LogP contribution in [0.4, 0.5) is 5.13 Å². The summed E-state index contributed by atoms with van der Waals surface area (Å²) in [6.07, 6.45) is 5.77. The second-order valence-corrected chi connectivity index (χ2v) is 7.97. The van der Waals surface area contributed by atoms with Crippen molar-refractivity contribution in [3.63, 3.8) is 0 Å². The first-order chi connectivity index (χ1) is 11.7. The number of rotatable bonds is 8. The highest BCUT2D eigenvalue weighted by Gasteiger charge is 2.24. The van der Waals surface area contributed by atoms with E-state index in [2.05, 4.69) is 38.9 Å². The van der Waals surface area contributed by atoms with Crippen LogP contribution in [0.1, 0.15) is 40.2 Å². The van der Waals surface area contributed by atoms with Gasteiger partial charge in [-0.1, -0.05) is 55.1 Å². The molecular weight excluding hydrogens is 338 g/mol. The lowest BCUT2D eigenvalue weighted by Crippen LogP contribution is -2.24. The third-order valence-electron chi connectivity index (χ3n) is 4.19. The van der Waals surface area contributed by atoms with Crippen molar-refractivity contribution in [2.24, 2.45) is 5.92 Å². The fourth-order valence-corrected chi connectivity index (χ4v) is 3.87. The Morgan fingerprint density at radius 2 is 2.12 bits per heavy atom. The zero-order chi connectivity index (χ0) is 16.9. The highest BCUT2D eigenvalue weighted by Crippen LogP contribution is 2.34. The number of thiazole rings is 1. The monoisotopic (exact) mass is 361 g/mol. The molecule has 1 aliphatic carbocycles. The molecule has 1 N–H and O–H groups in total. The number of nitrogens with zero attached hydrogens (tertiary/aromatic N) is 2. The first-order valence-corrected chi connectivity index (χ1v) is 10.3. The molecular formula is C18H23N3OS2. The first-order valence-electron chi connectivity index (χ1n) is 8.27. The third kappa shape index (κ3) is 4.51. The highest BCUT2D eigenvalue weighted by molar-refractivity contribution is 7.97. The summed E-state index contributed by atoms with van der Waals surface area (Å²) in [5, 5.41) is 0.947. The van der Waals surface area contributed by atoms with Gasteiger partial charge in [0.25, 0.3) is 5.91 Å². The number of anilines is 1. The van der Waals surface area contributed by atoms with Crippen LogP contribution in [0.25, 0.3) is 0 Å². The topological polar surface area (TPSA) is 45.2 Å². The molecule has 3 rings (SSSR count). The van der Waals surface area contributed by atoms with E-state index in [-0.39, 0.29) is 5.91 Å². The Morgan fingerprint density at radius 3 is 2.79 bits per heavy atom. The van der Waals surface area contributed by atoms with E-state index >= 15 is 0 Å². The van der Waals surface area contributed by atoms with Crippen molar-refractivity contribution in [2.75, 3.05) is 17.7 Å². The van der Waals surface area contributed by atoms with Crippen molar-refractivity contribution in [1.29, 1.82) is 0 Å². The molecule has 2 aromatic rings. The molecule has 0 atom stereocenters. The lowest BCUT2D eigenvalue weighted by atomic mass is 10.2. The number of hydrogen-bond donors (Lipinski definition) is 1. The van der Waals surface area contributed by atoms with Gasteiger partial charge < -0.3 is 4.90 Å². The first kappa shape index (κ1) is 17.3. The molecule has 0 unspecified atom stereocenters. The maximum absolute atomic E-state index is 12.1. The standard InChI is InChI=1S/C18H23N3OS2/c1-13-16(17(22)20-23-2)19-18(24-13)21(11-10-14-8-9-14)12-15-6-4-3-5-7-15/h3-7,14H,8-12H2,1-2H3,(H,20,22). The lowest BCUT2D eigenvalue weighted by Gasteiger charge is -2.22. The summed E-state index contributed by atoms with van der Waals surface area (Å²) in [7, 11) is 0. The van der Waals surface area contributed by atoms with Crippen LogP contribution in [0, 0.1) is 12.8 Å². The van der Waals surface area contributed by atoms with Crippen LogP contribution in [-0.4, -0.2) is 23.7 Å². The van der Waals surface area contributed by atoms with Gasteiger partial charge >= 0.3 is 0 Å². The summed E-state index contributed by atoms with van der Waals surface area (Å²) in [6, 6.07) is 10.5. The number of nitrogens with one attached hydrogen (secondary N) is 1. The Morgan fingerprint density at radius 1 is 1.38 bits per heavy atom. The molecule has 1 aromatic carbocycles. The molecule has 1 heterocycles. The largest absolute Gasteiger partial charge is 0.344 e. The predicted octanol–water partition coefficient (Wildman–Crippen LogP) is 4.27. The Labute approximate surface area is 151 Å². The second kappa shape index (κ2) is 8.03. The van der Waals surface area contributed by atoms with Gasteiger partial charge in [-0.25, -0.2) is 4.98 Å². The van der Waals surface area contributed by atoms with Crippen molar-refractivity contribution < 1.29 is 4.79 Å². The average molecular weight is 362 g/mol. The summed E-state index contributed by atoms with van der Waals surface area (Å²) in [6.45, 7) is 3.80. The van der Waals surface area contributed by atoms with Crippen LogP contribution in [-0.2, 0) is 6.54 Å². The van der Waals surface area contributed by atoms with Crippen LogP contribution in [0.3, 0.4) is 0 Å². The number of hydrogen-bond acceptors (Lipinski definition) is 5. The minimum atomic E-state index is -0.107. The van der Waals surface area contributed by atoms with Crippen LogP contribution < -0.4 is 9.62 Å². The highest BCUT2D eigenvalue weighted by atomic mass is 32.2. The molecule has 1 fully saturated rings. The molecule has 24 heavy (non-hydrogen) atoms. The Kier molecular flexibility index (Phi) is 5.79. The van der Waals surface area contributed by atoms with E-state index in [9.17, 15) is 4.79 Å². The minimum Gasteiger partial charge on any atom is -0.344 e. The van der Waals surface area contributed by atoms with Crippen molar-refractivity contribution in [3.05, 3.63) is 46.5 Å². The molecule has 1 aliphatic rings. The van der Waals surface area contributed by atoms with Crippen molar-refractivity contribution in [1.82, 2.24) is 9.71 Å². The zero-order valence-corrected chi connectivity index (χ0v) is 15.8. The Hall–Kier alpha value is -1.53. The van der Waals surface area contributed by atoms with Crippen molar-refractivity contribution in [2.45, 2.75) is 32.7 Å². The van der Waals surface area contributed by atoms with Crippen molar-refractivity contribution in [3.8, 4) is 0 Å². The molecule has 1 saturated carbocycles. The molecule has 128 valence electrons. The minimum absolute atomic E-state index is 0.107. The van der Waals surface area contributed by atoms with E-state index < -0.39 is 0 Å². The van der Waals surface area contributed by atoms with Crippen molar-refractivity contribution >= 4 is 34.3 Å². The van der Waals surface area contributed by atoms with Gasteiger partial charge in [-0.05, 0) is 24.8 Å². The van der Waals surface area contributed by atoms with E-state index in [1.165, 1.54) is 36.8 Å². The SMILES string of the molecule is CSNC(=O)c1nc(N(CCC2CC2)Cc2ccccc2)sc1C.